The van der Waals surface area contributed by atoms with Gasteiger partial charge in [0.15, 0.2) is 0 Å². The molecule has 2 amide bonds. The summed E-state index contributed by atoms with van der Waals surface area (Å²) in [5, 5.41) is 5.26. The Morgan fingerprint density at radius 2 is 1.74 bits per heavy atom. The lowest BCUT2D eigenvalue weighted by Gasteiger charge is -2.11. The number of nitrogens with one attached hydrogen (secondary N) is 2. The second-order valence-electron chi connectivity index (χ2n) is 5.90. The zero-order chi connectivity index (χ0) is 19.4. The van der Waals surface area contributed by atoms with Gasteiger partial charge in [-0.2, -0.15) is 0 Å². The Morgan fingerprint density at radius 1 is 1.07 bits per heavy atom. The van der Waals surface area contributed by atoms with Crippen LogP contribution in [0.5, 0.6) is 0 Å². The maximum Gasteiger partial charge on any atom is 0.329 e. The average Bonchev–Trinajstić information content (AvgIpc) is 2.91. The van der Waals surface area contributed by atoms with Crippen LogP contribution in [0.2, 0.25) is 0 Å². The fourth-order valence-corrected chi connectivity index (χ4v) is 2.87. The molecular weight excluding hydrogens is 344 g/mol. The van der Waals surface area contributed by atoms with Crippen molar-refractivity contribution in [3.05, 3.63) is 64.6 Å². The lowest BCUT2D eigenvalue weighted by atomic mass is 10.1. The van der Waals surface area contributed by atoms with E-state index in [0.29, 0.717) is 16.8 Å². The molecule has 3 rings (SSSR count). The smallest absolute Gasteiger partial charge is 0.329 e. The molecule has 0 fully saturated rings. The molecule has 0 aliphatic heterocycles. The lowest BCUT2D eigenvalue weighted by molar-refractivity contribution is -0.116. The first-order chi connectivity index (χ1) is 13.0. The number of nitrogens with zero attached hydrogens (tertiary/aromatic N) is 2. The Labute approximate surface area is 155 Å². The van der Waals surface area contributed by atoms with Crippen molar-refractivity contribution >= 4 is 28.5 Å². The highest BCUT2D eigenvalue weighted by Crippen LogP contribution is 2.16. The quantitative estimate of drug-likeness (QED) is 0.672. The largest absolute Gasteiger partial charge is 0.341 e. The molecule has 0 atom stereocenters. The van der Waals surface area contributed by atoms with Crippen molar-refractivity contribution in [2.45, 2.75) is 6.54 Å². The van der Waals surface area contributed by atoms with E-state index in [1.165, 1.54) is 9.13 Å². The summed E-state index contributed by atoms with van der Waals surface area (Å²) in [4.78, 5) is 37.1. The number of benzene rings is 2. The Balaban J connectivity index is 1.84. The molecule has 0 aliphatic rings. The molecule has 136 valence electrons. The van der Waals surface area contributed by atoms with E-state index in [0.717, 1.165) is 5.52 Å². The zero-order valence-electron chi connectivity index (χ0n) is 14.7. The number of carbonyl (C=O) groups excluding carboxylic acids is 2. The van der Waals surface area contributed by atoms with Crippen LogP contribution in [0.25, 0.3) is 11.0 Å². The number of hydrogen-bond acceptors (Lipinski definition) is 3. The maximum absolute atomic E-state index is 12.5. The third kappa shape index (κ3) is 3.60. The fraction of sp³-hybridized carbons (Fsp3) is 0.150. The lowest BCUT2D eigenvalue weighted by Crippen LogP contribution is -2.29. The molecule has 7 heteroatoms. The van der Waals surface area contributed by atoms with E-state index in [2.05, 4.69) is 16.6 Å². The highest BCUT2D eigenvalue weighted by atomic mass is 16.2. The highest BCUT2D eigenvalue weighted by Gasteiger charge is 2.16. The Morgan fingerprint density at radius 3 is 2.48 bits per heavy atom. The fourth-order valence-electron chi connectivity index (χ4n) is 2.87. The van der Waals surface area contributed by atoms with Crippen molar-refractivity contribution in [2.75, 3.05) is 11.9 Å². The van der Waals surface area contributed by atoms with Crippen LogP contribution in [0.3, 0.4) is 0 Å². The number of terminal acetylenes is 1. The van der Waals surface area contributed by atoms with E-state index in [1.54, 1.807) is 43.4 Å². The molecule has 3 aromatic rings. The van der Waals surface area contributed by atoms with Crippen LogP contribution < -0.4 is 16.3 Å². The number of carbonyl (C=O) groups is 2. The third-order valence-electron chi connectivity index (χ3n) is 4.15. The van der Waals surface area contributed by atoms with Gasteiger partial charge in [-0.25, -0.2) is 4.79 Å². The first-order valence-corrected chi connectivity index (χ1v) is 8.27. The van der Waals surface area contributed by atoms with Gasteiger partial charge in [0, 0.05) is 7.05 Å². The number of imidazole rings is 1. The molecule has 0 bridgehead atoms. The van der Waals surface area contributed by atoms with Crippen LogP contribution in [-0.4, -0.2) is 27.5 Å². The number of anilines is 1. The summed E-state index contributed by atoms with van der Waals surface area (Å²) in [7, 11) is 1.66. The van der Waals surface area contributed by atoms with Crippen LogP contribution in [0.4, 0.5) is 5.69 Å². The molecule has 2 aromatic carbocycles. The van der Waals surface area contributed by atoms with Crippen molar-refractivity contribution in [3.63, 3.8) is 0 Å². The van der Waals surface area contributed by atoms with Gasteiger partial charge >= 0.3 is 5.69 Å². The van der Waals surface area contributed by atoms with Gasteiger partial charge in [-0.3, -0.25) is 18.7 Å². The number of hydrogen-bond donors (Lipinski definition) is 2. The molecule has 0 aliphatic carbocycles. The molecule has 0 unspecified atom stereocenters. The predicted molar refractivity (Wildman–Crippen MR) is 103 cm³/mol. The molecule has 27 heavy (non-hydrogen) atoms. The molecule has 0 saturated carbocycles. The normalized spacial score (nSPS) is 10.4. The van der Waals surface area contributed by atoms with Crippen LogP contribution in [0, 0.1) is 12.3 Å². The molecule has 0 saturated heterocycles. The minimum Gasteiger partial charge on any atom is -0.341 e. The molecule has 1 aromatic heterocycles. The second kappa shape index (κ2) is 7.62. The molecule has 0 spiro atoms. The summed E-state index contributed by atoms with van der Waals surface area (Å²) in [6, 6.07) is 13.8. The first-order valence-electron chi connectivity index (χ1n) is 8.27. The van der Waals surface area contributed by atoms with Gasteiger partial charge in [-0.15, -0.1) is 6.42 Å². The van der Waals surface area contributed by atoms with Crippen molar-refractivity contribution in [2.24, 2.45) is 7.05 Å². The van der Waals surface area contributed by atoms with E-state index in [-0.39, 0.29) is 24.7 Å². The second-order valence-corrected chi connectivity index (χ2v) is 5.90. The maximum atomic E-state index is 12.5. The summed E-state index contributed by atoms with van der Waals surface area (Å²) in [6.45, 7) is -0.0764. The Hall–Kier alpha value is -3.79. The van der Waals surface area contributed by atoms with E-state index < -0.39 is 5.91 Å². The van der Waals surface area contributed by atoms with Gasteiger partial charge in [0.2, 0.25) is 5.91 Å². The van der Waals surface area contributed by atoms with Crippen LogP contribution in [-0.2, 0) is 18.4 Å². The summed E-state index contributed by atoms with van der Waals surface area (Å²) in [6.07, 6.45) is 5.15. The van der Waals surface area contributed by atoms with Gasteiger partial charge in [0.05, 0.1) is 28.8 Å². The zero-order valence-corrected chi connectivity index (χ0v) is 14.7. The molecule has 7 nitrogen and oxygen atoms in total. The molecule has 0 radical (unpaired) electrons. The van der Waals surface area contributed by atoms with Gasteiger partial charge in [-0.05, 0) is 24.3 Å². The standard InChI is InChI=1S/C20H18N4O3/c1-3-12-21-19(26)14-8-4-5-9-15(14)22-18(25)13-24-17-11-7-6-10-16(17)23(2)20(24)27/h1,4-11H,12-13H2,2H3,(H,21,26)(H,22,25). The van der Waals surface area contributed by atoms with E-state index in [1.807, 2.05) is 12.1 Å². The first kappa shape index (κ1) is 18.0. The highest BCUT2D eigenvalue weighted by molar-refractivity contribution is 6.03. The topological polar surface area (TPSA) is 85.1 Å². The minimum absolute atomic E-state index is 0.0898. The molecular formula is C20H18N4O3. The van der Waals surface area contributed by atoms with Crippen molar-refractivity contribution < 1.29 is 9.59 Å². The summed E-state index contributed by atoms with van der Waals surface area (Å²) in [5.74, 6) is 1.53. The number of aryl methyl sites for hydroxylation is 1. The Bertz CT molecular complexity index is 1120. The predicted octanol–water partition coefficient (Wildman–Crippen LogP) is 1.34. The molecule has 1 heterocycles. The SMILES string of the molecule is C#CCNC(=O)c1ccccc1NC(=O)Cn1c(=O)n(C)c2ccccc21. The van der Waals surface area contributed by atoms with E-state index >= 15 is 0 Å². The number of fused-ring (bicyclic) bond motifs is 1. The van der Waals surface area contributed by atoms with Gasteiger partial charge in [-0.1, -0.05) is 30.2 Å². The van der Waals surface area contributed by atoms with Gasteiger partial charge < -0.3 is 10.6 Å². The van der Waals surface area contributed by atoms with Gasteiger partial charge in [0.25, 0.3) is 5.91 Å². The third-order valence-corrected chi connectivity index (χ3v) is 4.15. The van der Waals surface area contributed by atoms with Crippen LogP contribution in [0.15, 0.2) is 53.3 Å². The van der Waals surface area contributed by atoms with Crippen molar-refractivity contribution in [3.8, 4) is 12.3 Å². The summed E-state index contributed by atoms with van der Waals surface area (Å²) in [5.41, 5.74) is 1.77. The van der Waals surface area contributed by atoms with Crippen LogP contribution >= 0.6 is 0 Å². The van der Waals surface area contributed by atoms with Crippen molar-refractivity contribution in [1.82, 2.24) is 14.5 Å². The van der Waals surface area contributed by atoms with E-state index in [4.69, 9.17) is 6.42 Å². The number of rotatable bonds is 5. The number of amides is 2. The monoisotopic (exact) mass is 362 g/mol. The average molecular weight is 362 g/mol. The molecule has 2 N–H and O–H groups in total. The number of para-hydroxylation sites is 3. The van der Waals surface area contributed by atoms with Crippen LogP contribution in [0.1, 0.15) is 10.4 Å². The van der Waals surface area contributed by atoms with Crippen molar-refractivity contribution in [1.29, 1.82) is 0 Å². The summed E-state index contributed by atoms with van der Waals surface area (Å²) < 4.78 is 2.88. The minimum atomic E-state index is -0.411. The van der Waals surface area contributed by atoms with E-state index in [9.17, 15) is 14.4 Å². The van der Waals surface area contributed by atoms with Gasteiger partial charge in [0.1, 0.15) is 6.54 Å². The summed E-state index contributed by atoms with van der Waals surface area (Å²) >= 11 is 0. The Kier molecular flexibility index (Phi) is 5.08. The number of aromatic nitrogens is 2.